The van der Waals surface area contributed by atoms with Crippen molar-refractivity contribution in [2.24, 2.45) is 0 Å². The zero-order valence-electron chi connectivity index (χ0n) is 24.4. The van der Waals surface area contributed by atoms with Crippen molar-refractivity contribution in [3.8, 4) is 22.3 Å². The molecule has 0 saturated heterocycles. The Labute approximate surface area is 232 Å². The Kier molecular flexibility index (Phi) is 4.88. The van der Waals surface area contributed by atoms with Gasteiger partial charge in [0.05, 0.1) is 0 Å². The summed E-state index contributed by atoms with van der Waals surface area (Å²) in [6.45, 7) is 18.5. The Morgan fingerprint density at radius 1 is 0.462 bits per heavy atom. The van der Waals surface area contributed by atoms with E-state index in [9.17, 15) is 0 Å². The van der Waals surface area contributed by atoms with E-state index in [0.29, 0.717) is 0 Å². The molecular weight excluding hydrogens is 470 g/mol. The second kappa shape index (κ2) is 7.85. The van der Waals surface area contributed by atoms with Gasteiger partial charge in [-0.15, -0.1) is 0 Å². The predicted octanol–water partition coefficient (Wildman–Crippen LogP) is 10.4. The number of hydrogen-bond donors (Lipinski definition) is 1. The van der Waals surface area contributed by atoms with Gasteiger partial charge in [0.25, 0.3) is 0 Å². The third-order valence-corrected chi connectivity index (χ3v) is 9.73. The van der Waals surface area contributed by atoms with Gasteiger partial charge in [-0.3, -0.25) is 0 Å². The summed E-state index contributed by atoms with van der Waals surface area (Å²) in [7, 11) is 0. The largest absolute Gasteiger partial charge is 0.356 e. The van der Waals surface area contributed by atoms with Gasteiger partial charge in [-0.2, -0.15) is 0 Å². The second-order valence-corrected chi connectivity index (χ2v) is 13.0. The van der Waals surface area contributed by atoms with Crippen molar-refractivity contribution in [2.75, 3.05) is 5.32 Å². The molecule has 1 heteroatoms. The molecule has 5 aromatic rings. The standard InChI is InChI=1S/C38H37N/c1-21-9-11-25(12-10-21)39-26-13-14-27-29-19-34-31(20-33(29)37(5,6)32(27)18-26)36-30-16-23(3)22(2)15-28(30)24(4)17-35(36)38(34,7)8/h9-20,39H,1-8H3. The molecule has 5 aromatic carbocycles. The normalized spacial score (nSPS) is 15.6. The van der Waals surface area contributed by atoms with Gasteiger partial charge in [0.1, 0.15) is 0 Å². The predicted molar refractivity (Wildman–Crippen MR) is 168 cm³/mol. The summed E-state index contributed by atoms with van der Waals surface area (Å²) in [5.74, 6) is 0. The minimum Gasteiger partial charge on any atom is -0.356 e. The average Bonchev–Trinajstić information content (AvgIpc) is 3.25. The van der Waals surface area contributed by atoms with Gasteiger partial charge >= 0.3 is 0 Å². The number of nitrogens with one attached hydrogen (secondary N) is 1. The maximum atomic E-state index is 3.63. The molecule has 194 valence electrons. The fraction of sp³-hybridized carbons (Fsp3) is 0.263. The number of aryl methyl sites for hydroxylation is 4. The lowest BCUT2D eigenvalue weighted by molar-refractivity contribution is 0.652. The zero-order chi connectivity index (χ0) is 27.4. The van der Waals surface area contributed by atoms with Crippen molar-refractivity contribution < 1.29 is 0 Å². The van der Waals surface area contributed by atoms with Gasteiger partial charge in [0, 0.05) is 22.2 Å². The van der Waals surface area contributed by atoms with E-state index in [2.05, 4.69) is 134 Å². The molecule has 2 aliphatic rings. The van der Waals surface area contributed by atoms with Crippen LogP contribution in [-0.4, -0.2) is 0 Å². The van der Waals surface area contributed by atoms with Gasteiger partial charge in [0.15, 0.2) is 0 Å². The molecule has 2 aliphatic carbocycles. The molecule has 0 spiro atoms. The quantitative estimate of drug-likeness (QED) is 0.250. The summed E-state index contributed by atoms with van der Waals surface area (Å²) in [5, 5.41) is 6.42. The van der Waals surface area contributed by atoms with Crippen molar-refractivity contribution in [3.05, 3.63) is 117 Å². The van der Waals surface area contributed by atoms with Crippen LogP contribution in [0.5, 0.6) is 0 Å². The first kappa shape index (κ1) is 24.2. The van der Waals surface area contributed by atoms with E-state index in [1.54, 1.807) is 0 Å². The van der Waals surface area contributed by atoms with Crippen molar-refractivity contribution in [3.63, 3.8) is 0 Å². The van der Waals surface area contributed by atoms with Crippen molar-refractivity contribution in [2.45, 2.75) is 66.2 Å². The maximum absolute atomic E-state index is 3.63. The lowest BCUT2D eigenvalue weighted by atomic mass is 9.79. The van der Waals surface area contributed by atoms with Gasteiger partial charge in [-0.1, -0.05) is 69.7 Å². The summed E-state index contributed by atoms with van der Waals surface area (Å²) in [6, 6.07) is 27.9. The number of rotatable bonds is 2. The molecule has 0 radical (unpaired) electrons. The summed E-state index contributed by atoms with van der Waals surface area (Å²) >= 11 is 0. The Morgan fingerprint density at radius 2 is 1.03 bits per heavy atom. The summed E-state index contributed by atoms with van der Waals surface area (Å²) in [6.07, 6.45) is 0. The minimum atomic E-state index is -0.0788. The summed E-state index contributed by atoms with van der Waals surface area (Å²) < 4.78 is 0. The molecule has 0 aliphatic heterocycles. The number of hydrogen-bond acceptors (Lipinski definition) is 1. The fourth-order valence-corrected chi connectivity index (χ4v) is 7.18. The first-order chi connectivity index (χ1) is 18.5. The fourth-order valence-electron chi connectivity index (χ4n) is 7.18. The van der Waals surface area contributed by atoms with Crippen LogP contribution in [0.2, 0.25) is 0 Å². The SMILES string of the molecule is Cc1ccc(Nc2ccc3c(c2)C(C)(C)c2cc4c(cc2-3)C(C)(C)c2cc(C)c3cc(C)c(C)cc3c2-4)cc1. The first-order valence-electron chi connectivity index (χ1n) is 14.2. The third-order valence-electron chi connectivity index (χ3n) is 9.73. The lowest BCUT2D eigenvalue weighted by Gasteiger charge is -2.24. The van der Waals surface area contributed by atoms with Crippen LogP contribution in [0, 0.1) is 27.7 Å². The topological polar surface area (TPSA) is 12.0 Å². The highest BCUT2D eigenvalue weighted by Gasteiger charge is 2.42. The molecule has 0 saturated carbocycles. The van der Waals surface area contributed by atoms with Crippen molar-refractivity contribution in [1.82, 2.24) is 0 Å². The van der Waals surface area contributed by atoms with Crippen LogP contribution >= 0.6 is 0 Å². The molecule has 1 N–H and O–H groups in total. The van der Waals surface area contributed by atoms with Gasteiger partial charge in [-0.25, -0.2) is 0 Å². The number of fused-ring (bicyclic) bond motifs is 8. The Balaban J connectivity index is 1.41. The van der Waals surface area contributed by atoms with E-state index in [1.165, 1.54) is 77.5 Å². The highest BCUT2D eigenvalue weighted by molar-refractivity contribution is 6.05. The second-order valence-electron chi connectivity index (χ2n) is 13.0. The average molecular weight is 508 g/mol. The zero-order valence-corrected chi connectivity index (χ0v) is 24.4. The van der Waals surface area contributed by atoms with Crippen LogP contribution in [-0.2, 0) is 10.8 Å². The monoisotopic (exact) mass is 507 g/mol. The van der Waals surface area contributed by atoms with E-state index in [1.807, 2.05) is 0 Å². The molecule has 0 bridgehead atoms. The molecule has 0 atom stereocenters. The van der Waals surface area contributed by atoms with Gasteiger partial charge in [-0.05, 0) is 136 Å². The van der Waals surface area contributed by atoms with Crippen LogP contribution in [0.3, 0.4) is 0 Å². The number of anilines is 2. The first-order valence-corrected chi connectivity index (χ1v) is 14.2. The van der Waals surface area contributed by atoms with E-state index in [4.69, 9.17) is 0 Å². The third kappa shape index (κ3) is 3.32. The molecule has 0 amide bonds. The Hall–Kier alpha value is -3.84. The molecule has 0 unspecified atom stereocenters. The van der Waals surface area contributed by atoms with Crippen LogP contribution < -0.4 is 5.32 Å². The van der Waals surface area contributed by atoms with Crippen molar-refractivity contribution in [1.29, 1.82) is 0 Å². The van der Waals surface area contributed by atoms with E-state index in [0.717, 1.165) is 11.4 Å². The highest BCUT2D eigenvalue weighted by atomic mass is 14.9. The molecule has 0 fully saturated rings. The minimum absolute atomic E-state index is 0.0444. The molecular formula is C38H37N. The van der Waals surface area contributed by atoms with E-state index < -0.39 is 0 Å². The van der Waals surface area contributed by atoms with Crippen LogP contribution in [0.25, 0.3) is 33.0 Å². The maximum Gasteiger partial charge on any atom is 0.0387 e. The Bertz CT molecular complexity index is 1850. The van der Waals surface area contributed by atoms with Gasteiger partial charge < -0.3 is 5.32 Å². The van der Waals surface area contributed by atoms with Crippen LogP contribution in [0.1, 0.15) is 72.2 Å². The summed E-state index contributed by atoms with van der Waals surface area (Å²) in [5.41, 5.74) is 18.9. The smallest absolute Gasteiger partial charge is 0.0387 e. The molecule has 1 nitrogen and oxygen atoms in total. The Morgan fingerprint density at radius 3 is 1.74 bits per heavy atom. The highest BCUT2D eigenvalue weighted by Crippen LogP contribution is 2.57. The molecule has 39 heavy (non-hydrogen) atoms. The number of benzene rings is 5. The molecule has 0 heterocycles. The van der Waals surface area contributed by atoms with E-state index >= 15 is 0 Å². The molecule has 0 aromatic heterocycles. The summed E-state index contributed by atoms with van der Waals surface area (Å²) in [4.78, 5) is 0. The van der Waals surface area contributed by atoms with Gasteiger partial charge in [0.2, 0.25) is 0 Å². The van der Waals surface area contributed by atoms with Crippen LogP contribution in [0.4, 0.5) is 11.4 Å². The van der Waals surface area contributed by atoms with Crippen molar-refractivity contribution >= 4 is 22.1 Å². The molecule has 7 rings (SSSR count). The van der Waals surface area contributed by atoms with E-state index in [-0.39, 0.29) is 10.8 Å². The lowest BCUT2D eigenvalue weighted by Crippen LogP contribution is -2.17. The van der Waals surface area contributed by atoms with Crippen LogP contribution in [0.15, 0.2) is 72.8 Å².